The van der Waals surface area contributed by atoms with Crippen molar-refractivity contribution < 1.29 is 9.47 Å². The minimum absolute atomic E-state index is 0.184. The van der Waals surface area contributed by atoms with Gasteiger partial charge in [0.25, 0.3) is 5.56 Å². The maximum atomic E-state index is 11.9. The Morgan fingerprint density at radius 2 is 2.16 bits per heavy atom. The van der Waals surface area contributed by atoms with Crippen LogP contribution >= 0.6 is 11.8 Å². The molecule has 0 radical (unpaired) electrons. The van der Waals surface area contributed by atoms with Crippen molar-refractivity contribution in [2.45, 2.75) is 43.6 Å². The molecule has 1 aromatic heterocycles. The third-order valence-electron chi connectivity index (χ3n) is 3.42. The van der Waals surface area contributed by atoms with Gasteiger partial charge in [-0.3, -0.25) is 14.3 Å². The molecule has 104 valence electrons. The van der Waals surface area contributed by atoms with Gasteiger partial charge in [0, 0.05) is 18.0 Å². The zero-order chi connectivity index (χ0) is 13.8. The Morgan fingerprint density at radius 3 is 2.84 bits per heavy atom. The fourth-order valence-corrected chi connectivity index (χ4v) is 4.31. The van der Waals surface area contributed by atoms with Crippen molar-refractivity contribution in [3.8, 4) is 0 Å². The van der Waals surface area contributed by atoms with Gasteiger partial charge in [0.1, 0.15) is 17.1 Å². The molecule has 2 saturated heterocycles. The van der Waals surface area contributed by atoms with E-state index in [1.807, 2.05) is 20.8 Å². The summed E-state index contributed by atoms with van der Waals surface area (Å²) in [5.41, 5.74) is -1.22. The minimum Gasteiger partial charge on any atom is -0.341 e. The van der Waals surface area contributed by atoms with Gasteiger partial charge in [0.05, 0.1) is 0 Å². The predicted octanol–water partition coefficient (Wildman–Crippen LogP) is 0.692. The van der Waals surface area contributed by atoms with Gasteiger partial charge in [0.15, 0.2) is 5.79 Å². The molecule has 1 N–H and O–H groups in total. The molecule has 2 aliphatic rings. The van der Waals surface area contributed by atoms with Crippen LogP contribution in [0, 0.1) is 0 Å². The number of aromatic amines is 1. The first kappa shape index (κ1) is 13.0. The van der Waals surface area contributed by atoms with Crippen LogP contribution in [-0.2, 0) is 9.47 Å². The lowest BCUT2D eigenvalue weighted by molar-refractivity contribution is -0.158. The number of rotatable bonds is 1. The molecule has 0 saturated carbocycles. The number of H-pyrrole nitrogens is 1. The van der Waals surface area contributed by atoms with Crippen molar-refractivity contribution in [1.82, 2.24) is 9.55 Å². The van der Waals surface area contributed by atoms with Crippen LogP contribution in [0.3, 0.4) is 0 Å². The van der Waals surface area contributed by atoms with Crippen LogP contribution in [0.15, 0.2) is 21.9 Å². The second-order valence-corrected chi connectivity index (χ2v) is 6.68. The Balaban J connectivity index is 2.00. The summed E-state index contributed by atoms with van der Waals surface area (Å²) in [5.74, 6) is 0.0990. The van der Waals surface area contributed by atoms with E-state index in [0.29, 0.717) is 0 Å². The zero-order valence-corrected chi connectivity index (χ0v) is 11.8. The van der Waals surface area contributed by atoms with Crippen LogP contribution in [0.1, 0.15) is 26.1 Å². The van der Waals surface area contributed by atoms with E-state index in [4.69, 9.17) is 9.47 Å². The highest BCUT2D eigenvalue weighted by Gasteiger charge is 2.58. The molecule has 2 fully saturated rings. The monoisotopic (exact) mass is 284 g/mol. The molecule has 0 bridgehead atoms. The minimum atomic E-state index is -0.648. The third kappa shape index (κ3) is 2.05. The van der Waals surface area contributed by atoms with Crippen LogP contribution < -0.4 is 11.2 Å². The number of ether oxygens (including phenoxy) is 2. The van der Waals surface area contributed by atoms with Gasteiger partial charge in [0.2, 0.25) is 0 Å². The van der Waals surface area contributed by atoms with E-state index in [-0.39, 0.29) is 11.5 Å². The van der Waals surface area contributed by atoms with Crippen LogP contribution in [0.5, 0.6) is 0 Å². The molecule has 6 nitrogen and oxygen atoms in total. The average molecular weight is 284 g/mol. The number of thioether (sulfide) groups is 1. The Labute approximate surface area is 114 Å². The largest absolute Gasteiger partial charge is 0.341 e. The highest BCUT2D eigenvalue weighted by molar-refractivity contribution is 7.99. The highest BCUT2D eigenvalue weighted by Crippen LogP contribution is 2.52. The normalized spacial score (nSPS) is 36.4. The number of nitrogens with one attached hydrogen (secondary N) is 1. The van der Waals surface area contributed by atoms with Crippen molar-refractivity contribution >= 4 is 11.8 Å². The van der Waals surface area contributed by atoms with Crippen LogP contribution in [0.25, 0.3) is 0 Å². The number of hydrogen-bond donors (Lipinski definition) is 1. The molecule has 0 aromatic carbocycles. The van der Waals surface area contributed by atoms with Gasteiger partial charge in [-0.1, -0.05) is 0 Å². The SMILES string of the molecule is CC1(C)O[C@@H]2[C@@H](n3ccc(=O)[nH]c3=O)SC[C@]2(C)O1. The van der Waals surface area contributed by atoms with E-state index >= 15 is 0 Å². The van der Waals surface area contributed by atoms with Gasteiger partial charge in [-0.25, -0.2) is 4.79 Å². The van der Waals surface area contributed by atoms with Gasteiger partial charge in [-0.15, -0.1) is 11.8 Å². The summed E-state index contributed by atoms with van der Waals surface area (Å²) < 4.78 is 13.4. The summed E-state index contributed by atoms with van der Waals surface area (Å²) in [5, 5.41) is -0.184. The fourth-order valence-electron chi connectivity index (χ4n) is 2.74. The molecule has 3 heterocycles. The van der Waals surface area contributed by atoms with Crippen molar-refractivity contribution in [3.63, 3.8) is 0 Å². The molecular weight excluding hydrogens is 268 g/mol. The summed E-state index contributed by atoms with van der Waals surface area (Å²) in [7, 11) is 0. The Bertz CT molecular complexity index is 623. The second kappa shape index (κ2) is 3.97. The van der Waals surface area contributed by atoms with Crippen molar-refractivity contribution in [1.29, 1.82) is 0 Å². The first-order chi connectivity index (χ1) is 8.81. The van der Waals surface area contributed by atoms with E-state index < -0.39 is 22.6 Å². The van der Waals surface area contributed by atoms with Crippen LogP contribution in [-0.4, -0.2) is 32.8 Å². The van der Waals surface area contributed by atoms with E-state index in [2.05, 4.69) is 4.98 Å². The average Bonchev–Trinajstić information content (AvgIpc) is 2.68. The summed E-state index contributed by atoms with van der Waals surface area (Å²) in [4.78, 5) is 25.3. The number of nitrogens with zero attached hydrogens (tertiary/aromatic N) is 1. The van der Waals surface area contributed by atoms with Gasteiger partial charge >= 0.3 is 5.69 Å². The quantitative estimate of drug-likeness (QED) is 0.821. The molecule has 0 amide bonds. The van der Waals surface area contributed by atoms with Crippen molar-refractivity contribution in [3.05, 3.63) is 33.1 Å². The third-order valence-corrected chi connectivity index (χ3v) is 4.97. The number of aromatic nitrogens is 2. The topological polar surface area (TPSA) is 73.3 Å². The summed E-state index contributed by atoms with van der Waals surface area (Å²) in [6, 6.07) is 1.35. The number of hydrogen-bond acceptors (Lipinski definition) is 5. The molecule has 2 aliphatic heterocycles. The molecule has 19 heavy (non-hydrogen) atoms. The van der Waals surface area contributed by atoms with Crippen LogP contribution in [0.2, 0.25) is 0 Å². The summed E-state index contributed by atoms with van der Waals surface area (Å²) >= 11 is 1.60. The molecule has 3 atom stereocenters. The maximum absolute atomic E-state index is 11.9. The maximum Gasteiger partial charge on any atom is 0.329 e. The molecule has 0 aliphatic carbocycles. The van der Waals surface area contributed by atoms with E-state index in [1.54, 1.807) is 11.8 Å². The van der Waals surface area contributed by atoms with Gasteiger partial charge in [-0.2, -0.15) is 0 Å². The molecule has 7 heteroatoms. The molecule has 3 rings (SSSR count). The first-order valence-corrected chi connectivity index (χ1v) is 7.17. The molecular formula is C12H16N2O4S. The van der Waals surface area contributed by atoms with Gasteiger partial charge < -0.3 is 9.47 Å². The Kier molecular flexibility index (Phi) is 2.71. The fraction of sp³-hybridized carbons (Fsp3) is 0.667. The Morgan fingerprint density at radius 1 is 1.42 bits per heavy atom. The first-order valence-electron chi connectivity index (χ1n) is 6.12. The lowest BCUT2D eigenvalue weighted by Crippen LogP contribution is -2.40. The highest BCUT2D eigenvalue weighted by atomic mass is 32.2. The molecule has 1 aromatic rings. The lowest BCUT2D eigenvalue weighted by atomic mass is 10.0. The molecule has 0 unspecified atom stereocenters. The second-order valence-electron chi connectivity index (χ2n) is 5.57. The summed E-state index contributed by atoms with van der Waals surface area (Å²) in [6.07, 6.45) is 1.30. The van der Waals surface area contributed by atoms with E-state index in [9.17, 15) is 9.59 Å². The smallest absolute Gasteiger partial charge is 0.329 e. The van der Waals surface area contributed by atoms with Crippen molar-refractivity contribution in [2.75, 3.05) is 5.75 Å². The molecule has 0 spiro atoms. The Hall–Kier alpha value is -1.05. The van der Waals surface area contributed by atoms with E-state index in [0.717, 1.165) is 5.75 Å². The van der Waals surface area contributed by atoms with E-state index in [1.165, 1.54) is 16.8 Å². The lowest BCUT2D eigenvalue weighted by Gasteiger charge is -2.22. The van der Waals surface area contributed by atoms with Gasteiger partial charge in [-0.05, 0) is 20.8 Å². The van der Waals surface area contributed by atoms with Crippen molar-refractivity contribution in [2.24, 2.45) is 0 Å². The number of fused-ring (bicyclic) bond motifs is 1. The standard InChI is InChI=1S/C12H16N2O4S/c1-11(2)17-8-9(19-6-12(8,3)18-11)14-5-4-7(15)13-10(14)16/h4-5,8-9H,6H2,1-3H3,(H,13,15,16)/t8-,9+,12+/m1/s1. The predicted molar refractivity (Wildman–Crippen MR) is 71.3 cm³/mol. The zero-order valence-electron chi connectivity index (χ0n) is 11.0. The van der Waals surface area contributed by atoms with Crippen LogP contribution in [0.4, 0.5) is 0 Å². The summed E-state index contributed by atoms with van der Waals surface area (Å²) in [6.45, 7) is 5.73.